The Labute approximate surface area is 188 Å². The van der Waals surface area contributed by atoms with Crippen LogP contribution in [0.2, 0.25) is 0 Å². The van der Waals surface area contributed by atoms with E-state index in [9.17, 15) is 4.79 Å². The van der Waals surface area contributed by atoms with Gasteiger partial charge >= 0.3 is 0 Å². The fraction of sp³-hybridized carbons (Fsp3) is 0.360. The van der Waals surface area contributed by atoms with Crippen LogP contribution in [0.5, 0.6) is 0 Å². The number of aromatic nitrogens is 2. The Morgan fingerprint density at radius 2 is 1.94 bits per heavy atom. The summed E-state index contributed by atoms with van der Waals surface area (Å²) in [5, 5.41) is 2.40. The number of carbonyl (C=O) groups is 1. The van der Waals surface area contributed by atoms with Gasteiger partial charge in [0, 0.05) is 35.1 Å². The molecule has 0 aliphatic carbocycles. The first-order valence-electron chi connectivity index (χ1n) is 11.3. The molecule has 31 heavy (non-hydrogen) atoms. The average molecular weight is 429 g/mol. The van der Waals surface area contributed by atoms with E-state index in [0.29, 0.717) is 5.92 Å². The second-order valence-electron chi connectivity index (χ2n) is 8.75. The molecule has 0 atom stereocenters. The number of carbonyl (C=O) groups excluding carboxylic acids is 1. The molecule has 5 rings (SSSR count). The number of ketones is 1. The molecule has 4 nitrogen and oxygen atoms in total. The van der Waals surface area contributed by atoms with E-state index < -0.39 is 0 Å². The van der Waals surface area contributed by atoms with Crippen LogP contribution in [0.4, 0.5) is 0 Å². The maximum Gasteiger partial charge on any atom is 0.161 e. The molecule has 1 fully saturated rings. The van der Waals surface area contributed by atoms with Crippen molar-refractivity contribution in [3.8, 4) is 0 Å². The molecule has 0 spiro atoms. The largest absolute Gasteiger partial charge is 0.347 e. The van der Waals surface area contributed by atoms with Crippen LogP contribution in [0.25, 0.3) is 21.1 Å². The van der Waals surface area contributed by atoms with E-state index in [2.05, 4.69) is 59.9 Å². The highest BCUT2D eigenvalue weighted by atomic mass is 32.1. The maximum absolute atomic E-state index is 12.1. The molecule has 0 radical (unpaired) electrons. The topological polar surface area (TPSA) is 38.1 Å². The molecule has 0 bridgehead atoms. The SMILES string of the molecule is Bc1cccc2c(C(C)=O)cn(CCCN3CCC(c4nc5ccccc5s4)CC3)c12. The van der Waals surface area contributed by atoms with Crippen LogP contribution in [0, 0.1) is 0 Å². The number of rotatable bonds is 6. The third kappa shape index (κ3) is 4.07. The summed E-state index contributed by atoms with van der Waals surface area (Å²) in [7, 11) is 2.13. The molecule has 2 aromatic carbocycles. The van der Waals surface area contributed by atoms with Crippen LogP contribution in [-0.2, 0) is 6.54 Å². The lowest BCUT2D eigenvalue weighted by Gasteiger charge is -2.31. The van der Waals surface area contributed by atoms with Crippen molar-refractivity contribution in [2.45, 2.75) is 38.6 Å². The third-order valence-electron chi connectivity index (χ3n) is 6.60. The summed E-state index contributed by atoms with van der Waals surface area (Å²) in [5.41, 5.74) is 4.43. The fourth-order valence-electron chi connectivity index (χ4n) is 4.94. The zero-order valence-electron chi connectivity index (χ0n) is 18.3. The Hall–Kier alpha value is -2.44. The molecule has 0 amide bonds. The summed E-state index contributed by atoms with van der Waals surface area (Å²) in [6, 6.07) is 14.7. The van der Waals surface area contributed by atoms with Crippen molar-refractivity contribution < 1.29 is 4.79 Å². The van der Waals surface area contributed by atoms with Gasteiger partial charge in [0.1, 0.15) is 7.85 Å². The smallest absolute Gasteiger partial charge is 0.161 e. The number of aryl methyl sites for hydroxylation is 1. The summed E-state index contributed by atoms with van der Waals surface area (Å²) < 4.78 is 3.59. The fourth-order valence-corrected chi connectivity index (χ4v) is 6.07. The summed E-state index contributed by atoms with van der Waals surface area (Å²) in [4.78, 5) is 19.6. The van der Waals surface area contributed by atoms with Crippen molar-refractivity contribution in [3.05, 3.63) is 59.2 Å². The lowest BCUT2D eigenvalue weighted by atomic mass is 9.93. The van der Waals surface area contributed by atoms with Gasteiger partial charge in [0.2, 0.25) is 0 Å². The Kier molecular flexibility index (Phi) is 5.68. The van der Waals surface area contributed by atoms with E-state index >= 15 is 0 Å². The minimum absolute atomic E-state index is 0.145. The van der Waals surface area contributed by atoms with Crippen LogP contribution in [0.3, 0.4) is 0 Å². The van der Waals surface area contributed by atoms with Gasteiger partial charge < -0.3 is 9.47 Å². The quantitative estimate of drug-likeness (QED) is 0.344. The highest BCUT2D eigenvalue weighted by Crippen LogP contribution is 2.33. The van der Waals surface area contributed by atoms with Gasteiger partial charge in [-0.25, -0.2) is 4.98 Å². The first-order chi connectivity index (χ1) is 15.1. The Bertz CT molecular complexity index is 1200. The normalized spacial score (nSPS) is 15.8. The van der Waals surface area contributed by atoms with Gasteiger partial charge in [0.05, 0.1) is 15.2 Å². The second-order valence-corrected chi connectivity index (χ2v) is 9.81. The highest BCUT2D eigenvalue weighted by Gasteiger charge is 2.23. The number of hydrogen-bond acceptors (Lipinski definition) is 4. The van der Waals surface area contributed by atoms with Gasteiger partial charge in [-0.05, 0) is 58.0 Å². The Morgan fingerprint density at radius 3 is 2.71 bits per heavy atom. The minimum atomic E-state index is 0.145. The number of piperidine rings is 1. The number of nitrogens with zero attached hydrogens (tertiary/aromatic N) is 3. The molecular weight excluding hydrogens is 401 g/mol. The van der Waals surface area contributed by atoms with Crippen LogP contribution in [0.15, 0.2) is 48.7 Å². The molecule has 0 saturated carbocycles. The second kappa shape index (κ2) is 8.60. The van der Waals surface area contributed by atoms with E-state index in [4.69, 9.17) is 4.98 Å². The van der Waals surface area contributed by atoms with Gasteiger partial charge in [-0.2, -0.15) is 0 Å². The predicted molar refractivity (Wildman–Crippen MR) is 133 cm³/mol. The Morgan fingerprint density at radius 1 is 1.13 bits per heavy atom. The minimum Gasteiger partial charge on any atom is -0.347 e. The van der Waals surface area contributed by atoms with E-state index in [1.807, 2.05) is 17.4 Å². The summed E-state index contributed by atoms with van der Waals surface area (Å²) in [5.74, 6) is 0.745. The number of fused-ring (bicyclic) bond motifs is 2. The number of para-hydroxylation sites is 2. The zero-order chi connectivity index (χ0) is 21.4. The van der Waals surface area contributed by atoms with Gasteiger partial charge in [0.15, 0.2) is 5.78 Å². The monoisotopic (exact) mass is 429 g/mol. The van der Waals surface area contributed by atoms with Gasteiger partial charge in [-0.1, -0.05) is 35.8 Å². The molecule has 2 aromatic heterocycles. The van der Waals surface area contributed by atoms with Crippen molar-refractivity contribution in [1.29, 1.82) is 0 Å². The molecule has 3 heterocycles. The highest BCUT2D eigenvalue weighted by molar-refractivity contribution is 7.18. The van der Waals surface area contributed by atoms with Crippen molar-refractivity contribution >= 4 is 51.5 Å². The van der Waals surface area contributed by atoms with Crippen LogP contribution in [0.1, 0.15) is 47.5 Å². The lowest BCUT2D eigenvalue weighted by molar-refractivity contribution is 0.101. The predicted octanol–water partition coefficient (Wildman–Crippen LogP) is 3.98. The van der Waals surface area contributed by atoms with Crippen molar-refractivity contribution in [2.75, 3.05) is 19.6 Å². The van der Waals surface area contributed by atoms with E-state index in [0.717, 1.165) is 49.1 Å². The Balaban J connectivity index is 1.19. The number of Topliss-reactive ketones (excluding diaryl/α,β-unsaturated/α-hetero) is 1. The van der Waals surface area contributed by atoms with E-state index in [-0.39, 0.29) is 5.78 Å². The van der Waals surface area contributed by atoms with E-state index in [1.165, 1.54) is 33.5 Å². The number of likely N-dealkylation sites (tertiary alicyclic amines) is 1. The third-order valence-corrected chi connectivity index (χ3v) is 7.80. The molecule has 1 aliphatic rings. The maximum atomic E-state index is 12.1. The zero-order valence-corrected chi connectivity index (χ0v) is 19.1. The first kappa shape index (κ1) is 20.5. The van der Waals surface area contributed by atoms with Crippen molar-refractivity contribution in [3.63, 3.8) is 0 Å². The van der Waals surface area contributed by atoms with Gasteiger partial charge in [0.25, 0.3) is 0 Å². The molecule has 6 heteroatoms. The number of hydrogen-bond donors (Lipinski definition) is 0. The molecule has 158 valence electrons. The number of benzene rings is 2. The molecule has 0 N–H and O–H groups in total. The van der Waals surface area contributed by atoms with Crippen LogP contribution < -0.4 is 5.46 Å². The summed E-state index contributed by atoms with van der Waals surface area (Å²) >= 11 is 1.87. The van der Waals surface area contributed by atoms with E-state index in [1.54, 1.807) is 6.92 Å². The molecule has 1 aliphatic heterocycles. The van der Waals surface area contributed by atoms with Gasteiger partial charge in [-0.3, -0.25) is 4.79 Å². The average Bonchev–Trinajstić information content (AvgIpc) is 3.37. The van der Waals surface area contributed by atoms with Gasteiger partial charge in [-0.15, -0.1) is 11.3 Å². The molecule has 1 saturated heterocycles. The molecule has 0 unspecified atom stereocenters. The van der Waals surface area contributed by atoms with Crippen LogP contribution in [-0.4, -0.2) is 47.7 Å². The first-order valence-corrected chi connectivity index (χ1v) is 12.1. The van der Waals surface area contributed by atoms with Crippen molar-refractivity contribution in [2.24, 2.45) is 0 Å². The summed E-state index contributed by atoms with van der Waals surface area (Å²) in [6.07, 6.45) is 5.54. The molecule has 4 aromatic rings. The number of thiazole rings is 1. The molecular formula is C25H28BN3OS. The summed E-state index contributed by atoms with van der Waals surface area (Å²) in [6.45, 7) is 6.01. The van der Waals surface area contributed by atoms with Crippen LogP contribution >= 0.6 is 11.3 Å². The standard InChI is InChI=1S/C25H28BN3OS/c1-17(30)20-16-29(24-19(20)6-4-7-21(24)26)13-5-12-28-14-10-18(11-15-28)25-27-22-8-2-3-9-23(22)31-25/h2-4,6-9,16,18H,5,10-15,26H2,1H3. The van der Waals surface area contributed by atoms with Crippen molar-refractivity contribution in [1.82, 2.24) is 14.5 Å². The lowest BCUT2D eigenvalue weighted by Crippen LogP contribution is -2.34.